The maximum Gasteiger partial charge on any atom is 0.275 e. The van der Waals surface area contributed by atoms with E-state index in [1.807, 2.05) is 29.7 Å². The highest BCUT2D eigenvalue weighted by molar-refractivity contribution is 6.03. The summed E-state index contributed by atoms with van der Waals surface area (Å²) in [4.78, 5) is 26.0. The first-order valence-corrected chi connectivity index (χ1v) is 10.8. The summed E-state index contributed by atoms with van der Waals surface area (Å²) in [6, 6.07) is 9.35. The largest absolute Gasteiger partial charge is 0.346 e. The fourth-order valence-corrected chi connectivity index (χ4v) is 3.48. The summed E-state index contributed by atoms with van der Waals surface area (Å²) in [5.74, 6) is 1.38. The van der Waals surface area contributed by atoms with Gasteiger partial charge >= 0.3 is 0 Å². The third kappa shape index (κ3) is 4.56. The summed E-state index contributed by atoms with van der Waals surface area (Å²) in [7, 11) is 0. The van der Waals surface area contributed by atoms with Crippen molar-refractivity contribution < 1.29 is 4.79 Å². The second-order valence-electron chi connectivity index (χ2n) is 7.98. The first-order valence-electron chi connectivity index (χ1n) is 10.8. The Kier molecular flexibility index (Phi) is 5.45. The van der Waals surface area contributed by atoms with Crippen LogP contribution >= 0.6 is 0 Å². The number of pyridine rings is 2. The summed E-state index contributed by atoms with van der Waals surface area (Å²) in [6.07, 6.45) is 11.7. The van der Waals surface area contributed by atoms with Crippen LogP contribution in [0.2, 0.25) is 0 Å². The van der Waals surface area contributed by atoms with Gasteiger partial charge in [0, 0.05) is 29.5 Å². The van der Waals surface area contributed by atoms with Crippen LogP contribution in [0.3, 0.4) is 0 Å². The van der Waals surface area contributed by atoms with Crippen LogP contribution < -0.4 is 10.6 Å². The van der Waals surface area contributed by atoms with Crippen LogP contribution in [0.15, 0.2) is 59.6 Å². The van der Waals surface area contributed by atoms with Crippen molar-refractivity contribution in [1.82, 2.24) is 24.7 Å². The minimum Gasteiger partial charge on any atom is -0.346 e. The van der Waals surface area contributed by atoms with Gasteiger partial charge in [-0.2, -0.15) is 0 Å². The Morgan fingerprint density at radius 2 is 2.09 bits per heavy atom. The summed E-state index contributed by atoms with van der Waals surface area (Å²) < 4.78 is 2.04. The Morgan fingerprint density at radius 3 is 2.88 bits per heavy atom. The number of nitrogens with one attached hydrogen (secondary N) is 2. The van der Waals surface area contributed by atoms with Gasteiger partial charge in [0.15, 0.2) is 5.82 Å². The van der Waals surface area contributed by atoms with Gasteiger partial charge in [0.05, 0.1) is 6.34 Å². The number of nitrogens with zero attached hydrogens (tertiary/aromatic N) is 6. The van der Waals surface area contributed by atoms with E-state index in [0.717, 1.165) is 24.2 Å². The molecule has 0 spiro atoms. The van der Waals surface area contributed by atoms with Gasteiger partial charge in [-0.05, 0) is 56.9 Å². The minimum atomic E-state index is -0.342. The highest BCUT2D eigenvalue weighted by Crippen LogP contribution is 2.37. The van der Waals surface area contributed by atoms with Crippen LogP contribution in [-0.2, 0) is 0 Å². The van der Waals surface area contributed by atoms with Gasteiger partial charge in [-0.25, -0.2) is 9.98 Å². The number of amides is 1. The first-order chi connectivity index (χ1) is 15.7. The fraction of sp³-hybridized carbons (Fsp3) is 0.304. The summed E-state index contributed by atoms with van der Waals surface area (Å²) in [5, 5.41) is 14.1. The van der Waals surface area contributed by atoms with Gasteiger partial charge in [-0.3, -0.25) is 9.78 Å². The zero-order valence-electron chi connectivity index (χ0n) is 17.8. The standard InChI is InChI=1S/C23H24N8O/c1-2-18(15-6-7-15)26-13-25-16-10-11-24-20(12-16)23(32)29-21-5-3-4-19(28-21)22-30-27-14-31(22)17-8-9-17/h2-5,10-15,17H,6-9H2,1H3,(H,24,25,26)(H,28,29,32)/b18-2-. The molecule has 0 unspecified atom stereocenters. The van der Waals surface area contributed by atoms with Crippen molar-refractivity contribution in [2.75, 3.05) is 10.6 Å². The van der Waals surface area contributed by atoms with E-state index in [0.29, 0.717) is 29.3 Å². The molecule has 0 radical (unpaired) electrons. The van der Waals surface area contributed by atoms with Crippen LogP contribution in [0.5, 0.6) is 0 Å². The van der Waals surface area contributed by atoms with E-state index in [-0.39, 0.29) is 11.6 Å². The summed E-state index contributed by atoms with van der Waals surface area (Å²) >= 11 is 0. The molecule has 2 saturated carbocycles. The van der Waals surface area contributed by atoms with E-state index in [1.54, 1.807) is 37.1 Å². The highest BCUT2D eigenvalue weighted by atomic mass is 16.1. The molecule has 0 bridgehead atoms. The van der Waals surface area contributed by atoms with E-state index >= 15 is 0 Å². The zero-order chi connectivity index (χ0) is 21.9. The molecule has 0 aliphatic heterocycles. The number of carbonyl (C=O) groups is 1. The lowest BCUT2D eigenvalue weighted by Gasteiger charge is -2.08. The monoisotopic (exact) mass is 428 g/mol. The third-order valence-corrected chi connectivity index (χ3v) is 5.46. The van der Waals surface area contributed by atoms with E-state index in [4.69, 9.17) is 0 Å². The molecule has 2 N–H and O–H groups in total. The molecule has 2 aliphatic rings. The second-order valence-corrected chi connectivity index (χ2v) is 7.98. The van der Waals surface area contributed by atoms with Gasteiger partial charge < -0.3 is 15.2 Å². The van der Waals surface area contributed by atoms with Crippen molar-refractivity contribution in [2.45, 2.75) is 38.6 Å². The van der Waals surface area contributed by atoms with E-state index in [1.165, 1.54) is 12.8 Å². The van der Waals surface area contributed by atoms with E-state index < -0.39 is 0 Å². The normalized spacial score (nSPS) is 16.3. The Labute approximate surface area is 185 Å². The predicted molar refractivity (Wildman–Crippen MR) is 122 cm³/mol. The second kappa shape index (κ2) is 8.70. The third-order valence-electron chi connectivity index (χ3n) is 5.46. The quantitative estimate of drug-likeness (QED) is 0.413. The molecule has 3 heterocycles. The van der Waals surface area contributed by atoms with Crippen molar-refractivity contribution in [3.63, 3.8) is 0 Å². The number of allylic oxidation sites excluding steroid dienone is 2. The van der Waals surface area contributed by atoms with Crippen molar-refractivity contribution in [3.05, 3.63) is 60.3 Å². The average molecular weight is 429 g/mol. The zero-order valence-corrected chi connectivity index (χ0v) is 17.8. The Bertz CT molecular complexity index is 1190. The summed E-state index contributed by atoms with van der Waals surface area (Å²) in [6.45, 7) is 2.00. The molecule has 2 fully saturated rings. The lowest BCUT2D eigenvalue weighted by atomic mass is 10.3. The van der Waals surface area contributed by atoms with Gasteiger partial charge in [0.2, 0.25) is 0 Å². The lowest BCUT2D eigenvalue weighted by molar-refractivity contribution is 0.102. The topological polar surface area (TPSA) is 110 Å². The van der Waals surface area contributed by atoms with E-state index in [2.05, 4.69) is 35.8 Å². The summed E-state index contributed by atoms with van der Waals surface area (Å²) in [5.41, 5.74) is 2.78. The molecule has 32 heavy (non-hydrogen) atoms. The first kappa shape index (κ1) is 20.0. The highest BCUT2D eigenvalue weighted by Gasteiger charge is 2.27. The maximum atomic E-state index is 12.8. The van der Waals surface area contributed by atoms with Crippen LogP contribution in [0.25, 0.3) is 11.5 Å². The Balaban J connectivity index is 1.26. The molecule has 9 heteroatoms. The molecular formula is C23H24N8O. The molecule has 9 nitrogen and oxygen atoms in total. The van der Waals surface area contributed by atoms with Crippen molar-refractivity contribution in [3.8, 4) is 11.5 Å². The molecule has 1 amide bonds. The minimum absolute atomic E-state index is 0.283. The van der Waals surface area contributed by atoms with Crippen LogP contribution in [-0.4, -0.2) is 37.0 Å². The van der Waals surface area contributed by atoms with Gasteiger partial charge in [0.25, 0.3) is 5.91 Å². The molecule has 3 aromatic heterocycles. The van der Waals surface area contributed by atoms with E-state index in [9.17, 15) is 4.79 Å². The van der Waals surface area contributed by atoms with Crippen molar-refractivity contribution in [2.24, 2.45) is 10.9 Å². The number of aliphatic imine (C=N–C) groups is 1. The number of hydrogen-bond acceptors (Lipinski definition) is 6. The molecule has 0 saturated heterocycles. The number of hydrogen-bond donors (Lipinski definition) is 2. The molecule has 0 atom stereocenters. The Morgan fingerprint density at radius 1 is 1.22 bits per heavy atom. The molecule has 0 aromatic carbocycles. The van der Waals surface area contributed by atoms with Gasteiger partial charge in [-0.15, -0.1) is 10.2 Å². The number of carbonyl (C=O) groups excluding carboxylic acids is 1. The fourth-order valence-electron chi connectivity index (χ4n) is 3.48. The molecule has 3 aromatic rings. The van der Waals surface area contributed by atoms with Gasteiger partial charge in [-0.1, -0.05) is 12.1 Å². The van der Waals surface area contributed by atoms with Crippen molar-refractivity contribution in [1.29, 1.82) is 0 Å². The molecule has 5 rings (SSSR count). The Hall–Kier alpha value is -3.88. The molecular weight excluding hydrogens is 404 g/mol. The smallest absolute Gasteiger partial charge is 0.275 e. The van der Waals surface area contributed by atoms with Gasteiger partial charge in [0.1, 0.15) is 23.5 Å². The average Bonchev–Trinajstić information content (AvgIpc) is 3.76. The number of aromatic nitrogens is 5. The predicted octanol–water partition coefficient (Wildman–Crippen LogP) is 4.08. The van der Waals surface area contributed by atoms with Crippen LogP contribution in [0, 0.1) is 5.92 Å². The van der Waals surface area contributed by atoms with Crippen LogP contribution in [0.4, 0.5) is 11.5 Å². The lowest BCUT2D eigenvalue weighted by Crippen LogP contribution is -2.15. The number of anilines is 2. The van der Waals surface area contributed by atoms with Crippen molar-refractivity contribution >= 4 is 23.8 Å². The SMILES string of the molecule is C/C=C(\N=C/Nc1ccnc(C(=O)Nc2cccc(-c3nncn3C3CC3)n2)c1)C1CC1. The number of rotatable bonds is 8. The van der Waals surface area contributed by atoms with Crippen LogP contribution in [0.1, 0.15) is 49.1 Å². The maximum absolute atomic E-state index is 12.8. The molecule has 2 aliphatic carbocycles. The molecule has 162 valence electrons.